The Labute approximate surface area is 80.3 Å². The quantitative estimate of drug-likeness (QED) is 0.620. The van der Waals surface area contributed by atoms with Crippen molar-refractivity contribution in [3.8, 4) is 6.07 Å². The van der Waals surface area contributed by atoms with Gasteiger partial charge < -0.3 is 4.90 Å². The van der Waals surface area contributed by atoms with Crippen molar-refractivity contribution < 1.29 is 4.79 Å². The number of carbonyl (C=O) groups excluding carboxylic acids is 1. The summed E-state index contributed by atoms with van der Waals surface area (Å²) in [5.74, 6) is -0.0148. The largest absolute Gasteiger partial charge is 0.327 e. The van der Waals surface area contributed by atoms with Gasteiger partial charge in [-0.2, -0.15) is 5.26 Å². The number of hydrogen-bond donors (Lipinski definition) is 0. The molecule has 3 heteroatoms. The molecule has 0 saturated heterocycles. The van der Waals surface area contributed by atoms with Gasteiger partial charge in [0.15, 0.2) is 0 Å². The number of hydrogen-bond acceptors (Lipinski definition) is 2. The van der Waals surface area contributed by atoms with E-state index in [0.717, 1.165) is 0 Å². The van der Waals surface area contributed by atoms with Crippen LogP contribution in [0, 0.1) is 16.7 Å². The molecule has 0 heterocycles. The molecule has 0 bridgehead atoms. The Kier molecular flexibility index (Phi) is 3.10. The smallest absolute Gasteiger partial charge is 0.228 e. The molecule has 0 aromatic heterocycles. The molecule has 0 aromatic carbocycles. The van der Waals surface area contributed by atoms with Gasteiger partial charge >= 0.3 is 0 Å². The molecule has 1 amide bonds. The highest BCUT2D eigenvalue weighted by Crippen LogP contribution is 2.21. The molecule has 0 aliphatic carbocycles. The van der Waals surface area contributed by atoms with Gasteiger partial charge in [-0.15, -0.1) is 0 Å². The molecule has 0 radical (unpaired) electrons. The van der Waals surface area contributed by atoms with E-state index in [0.29, 0.717) is 0 Å². The summed E-state index contributed by atoms with van der Waals surface area (Å²) in [6, 6.07) is 2.10. The van der Waals surface area contributed by atoms with Crippen molar-refractivity contribution in [2.24, 2.45) is 5.41 Å². The summed E-state index contributed by atoms with van der Waals surface area (Å²) in [7, 11) is 1.66. The standard InChI is InChI=1S/C10H18N2O/c1-9(2,3)8(13)12(6)10(4,5)7-11/h1-6H3. The van der Waals surface area contributed by atoms with Gasteiger partial charge in [-0.3, -0.25) is 4.79 Å². The number of nitriles is 1. The first-order valence-corrected chi connectivity index (χ1v) is 4.32. The van der Waals surface area contributed by atoms with Crippen LogP contribution < -0.4 is 0 Å². The van der Waals surface area contributed by atoms with Gasteiger partial charge in [0.1, 0.15) is 5.54 Å². The fourth-order valence-electron chi connectivity index (χ4n) is 0.832. The molecule has 0 fully saturated rings. The summed E-state index contributed by atoms with van der Waals surface area (Å²) >= 11 is 0. The van der Waals surface area contributed by atoms with E-state index in [1.54, 1.807) is 20.9 Å². The monoisotopic (exact) mass is 182 g/mol. The van der Waals surface area contributed by atoms with Crippen LogP contribution >= 0.6 is 0 Å². The first-order valence-electron chi connectivity index (χ1n) is 4.32. The fourth-order valence-corrected chi connectivity index (χ4v) is 0.832. The second-order valence-electron chi connectivity index (χ2n) is 4.78. The van der Waals surface area contributed by atoms with Crippen molar-refractivity contribution >= 4 is 5.91 Å². The Morgan fingerprint density at radius 2 is 1.62 bits per heavy atom. The molecule has 0 atom stereocenters. The molecular weight excluding hydrogens is 164 g/mol. The zero-order valence-corrected chi connectivity index (χ0v) is 9.30. The Bertz CT molecular complexity index is 243. The molecule has 0 spiro atoms. The molecule has 0 unspecified atom stereocenters. The van der Waals surface area contributed by atoms with Gasteiger partial charge in [-0.05, 0) is 13.8 Å². The molecule has 13 heavy (non-hydrogen) atoms. The lowest BCUT2D eigenvalue weighted by atomic mass is 9.92. The third-order valence-electron chi connectivity index (χ3n) is 2.06. The summed E-state index contributed by atoms with van der Waals surface area (Å²) in [5.41, 5.74) is -1.16. The summed E-state index contributed by atoms with van der Waals surface area (Å²) in [5, 5.41) is 8.84. The summed E-state index contributed by atoms with van der Waals surface area (Å²) in [4.78, 5) is 13.2. The van der Waals surface area contributed by atoms with E-state index in [2.05, 4.69) is 6.07 Å². The minimum atomic E-state index is -0.732. The lowest BCUT2D eigenvalue weighted by molar-refractivity contribution is -0.141. The van der Waals surface area contributed by atoms with Gasteiger partial charge in [0.05, 0.1) is 6.07 Å². The number of rotatable bonds is 1. The van der Waals surface area contributed by atoms with Gasteiger partial charge in [-0.1, -0.05) is 20.8 Å². The molecule has 0 aromatic rings. The minimum Gasteiger partial charge on any atom is -0.327 e. The van der Waals surface area contributed by atoms with Crippen molar-refractivity contribution in [2.75, 3.05) is 7.05 Å². The van der Waals surface area contributed by atoms with Gasteiger partial charge in [0.2, 0.25) is 5.91 Å². The van der Waals surface area contributed by atoms with Crippen molar-refractivity contribution in [3.63, 3.8) is 0 Å². The van der Waals surface area contributed by atoms with Crippen LogP contribution in [-0.2, 0) is 4.79 Å². The van der Waals surface area contributed by atoms with E-state index < -0.39 is 11.0 Å². The zero-order chi connectivity index (χ0) is 10.9. The van der Waals surface area contributed by atoms with E-state index in [-0.39, 0.29) is 5.91 Å². The maximum atomic E-state index is 11.7. The molecule has 0 saturated carbocycles. The highest BCUT2D eigenvalue weighted by Gasteiger charge is 2.33. The van der Waals surface area contributed by atoms with E-state index in [9.17, 15) is 4.79 Å². The highest BCUT2D eigenvalue weighted by molar-refractivity contribution is 5.82. The summed E-state index contributed by atoms with van der Waals surface area (Å²) in [6.45, 7) is 9.01. The third kappa shape index (κ3) is 2.73. The predicted octanol–water partition coefficient (Wildman–Crippen LogP) is 1.79. The Hall–Kier alpha value is -1.04. The van der Waals surface area contributed by atoms with Gasteiger partial charge in [-0.25, -0.2) is 0 Å². The number of carbonyl (C=O) groups is 1. The Morgan fingerprint density at radius 3 is 1.85 bits per heavy atom. The van der Waals surface area contributed by atoms with E-state index in [4.69, 9.17) is 5.26 Å². The van der Waals surface area contributed by atoms with Crippen LogP contribution in [0.5, 0.6) is 0 Å². The molecular formula is C10H18N2O. The maximum absolute atomic E-state index is 11.7. The van der Waals surface area contributed by atoms with Crippen LogP contribution in [0.4, 0.5) is 0 Å². The van der Waals surface area contributed by atoms with Crippen molar-refractivity contribution in [1.82, 2.24) is 4.90 Å². The molecule has 0 aliphatic heterocycles. The summed E-state index contributed by atoms with van der Waals surface area (Å²) in [6.07, 6.45) is 0. The zero-order valence-electron chi connectivity index (χ0n) is 9.30. The van der Waals surface area contributed by atoms with E-state index in [1.165, 1.54) is 4.90 Å². The molecule has 0 rings (SSSR count). The second kappa shape index (κ2) is 3.37. The maximum Gasteiger partial charge on any atom is 0.228 e. The third-order valence-corrected chi connectivity index (χ3v) is 2.06. The SMILES string of the molecule is CN(C(=O)C(C)(C)C)C(C)(C)C#N. The van der Waals surface area contributed by atoms with Crippen LogP contribution in [-0.4, -0.2) is 23.4 Å². The Balaban J connectivity index is 4.75. The fraction of sp³-hybridized carbons (Fsp3) is 0.800. The van der Waals surface area contributed by atoms with Crippen LogP contribution in [0.25, 0.3) is 0 Å². The predicted molar refractivity (Wildman–Crippen MR) is 51.9 cm³/mol. The van der Waals surface area contributed by atoms with Crippen LogP contribution in [0.1, 0.15) is 34.6 Å². The molecule has 0 N–H and O–H groups in total. The van der Waals surface area contributed by atoms with E-state index >= 15 is 0 Å². The first kappa shape index (κ1) is 12.0. The molecule has 74 valence electrons. The van der Waals surface area contributed by atoms with Crippen molar-refractivity contribution in [1.29, 1.82) is 5.26 Å². The average Bonchev–Trinajstić information content (AvgIpc) is 2.00. The number of amides is 1. The normalized spacial score (nSPS) is 12.1. The van der Waals surface area contributed by atoms with Crippen molar-refractivity contribution in [3.05, 3.63) is 0 Å². The first-order chi connectivity index (χ1) is 5.63. The summed E-state index contributed by atoms with van der Waals surface area (Å²) < 4.78 is 0. The minimum absolute atomic E-state index is 0.0148. The molecule has 3 nitrogen and oxygen atoms in total. The van der Waals surface area contributed by atoms with Gasteiger partial charge in [0.25, 0.3) is 0 Å². The van der Waals surface area contributed by atoms with Crippen LogP contribution in [0.15, 0.2) is 0 Å². The average molecular weight is 182 g/mol. The highest BCUT2D eigenvalue weighted by atomic mass is 16.2. The Morgan fingerprint density at radius 1 is 1.23 bits per heavy atom. The second-order valence-corrected chi connectivity index (χ2v) is 4.78. The van der Waals surface area contributed by atoms with Gasteiger partial charge in [0, 0.05) is 12.5 Å². The lowest BCUT2D eigenvalue weighted by Crippen LogP contribution is -2.48. The number of nitrogens with zero attached hydrogens (tertiary/aromatic N) is 2. The van der Waals surface area contributed by atoms with Crippen LogP contribution in [0.2, 0.25) is 0 Å². The lowest BCUT2D eigenvalue weighted by Gasteiger charge is -2.34. The topological polar surface area (TPSA) is 44.1 Å². The molecule has 0 aliphatic rings. The van der Waals surface area contributed by atoms with Crippen LogP contribution in [0.3, 0.4) is 0 Å². The van der Waals surface area contributed by atoms with Crippen molar-refractivity contribution in [2.45, 2.75) is 40.2 Å². The van der Waals surface area contributed by atoms with E-state index in [1.807, 2.05) is 20.8 Å².